The maximum absolute atomic E-state index is 12.1. The number of aryl methyl sites for hydroxylation is 1. The number of sulfonamides is 1. The summed E-state index contributed by atoms with van der Waals surface area (Å²) in [4.78, 5) is 0. The van der Waals surface area contributed by atoms with Gasteiger partial charge in [0.05, 0.1) is 5.69 Å². The van der Waals surface area contributed by atoms with Crippen LogP contribution in [-0.4, -0.2) is 26.7 Å². The normalized spacial score (nSPS) is 11.3. The fourth-order valence-electron chi connectivity index (χ4n) is 1.72. The van der Waals surface area contributed by atoms with E-state index in [0.717, 1.165) is 0 Å². The van der Waals surface area contributed by atoms with Gasteiger partial charge in [0.2, 0.25) is 10.0 Å². The zero-order chi connectivity index (χ0) is 15.3. The van der Waals surface area contributed by atoms with E-state index < -0.39 is 10.0 Å². The molecular weight excluding hydrogens is 294 g/mol. The predicted octanol–water partition coefficient (Wildman–Crippen LogP) is 1.26. The van der Waals surface area contributed by atoms with Gasteiger partial charge in [-0.25, -0.2) is 8.42 Å². The molecule has 8 heteroatoms. The third-order valence-corrected chi connectivity index (χ3v) is 3.73. The number of anilines is 1. The van der Waals surface area contributed by atoms with Crippen LogP contribution < -0.4 is 15.2 Å². The number of benzene rings is 1. The van der Waals surface area contributed by atoms with Gasteiger partial charge in [-0.15, -0.1) is 0 Å². The van der Waals surface area contributed by atoms with Crippen molar-refractivity contribution < 1.29 is 17.7 Å². The molecule has 114 valence electrons. The summed E-state index contributed by atoms with van der Waals surface area (Å²) < 4.78 is 36.8. The van der Waals surface area contributed by atoms with Crippen molar-refractivity contribution in [1.29, 1.82) is 0 Å². The van der Waals surface area contributed by atoms with E-state index in [0.29, 0.717) is 36.0 Å². The van der Waals surface area contributed by atoms with Crippen LogP contribution in [0.2, 0.25) is 0 Å². The lowest BCUT2D eigenvalue weighted by Crippen LogP contribution is -2.15. The Morgan fingerprint density at radius 2 is 2.19 bits per heavy atom. The number of nitrogens with one attached hydrogen (secondary N) is 1. The SMILES string of the molecule is Cc1cc(CS(=O)(=O)Nc2cccc(OCCN)c2)no1. The number of rotatable bonds is 7. The standard InChI is InChI=1S/C13H17N3O4S/c1-10-7-12(15-20-10)9-21(17,18)16-11-3-2-4-13(8-11)19-6-5-14/h2-4,7-8,16H,5-6,9,14H2,1H3. The van der Waals surface area contributed by atoms with Crippen LogP contribution in [0.1, 0.15) is 11.5 Å². The van der Waals surface area contributed by atoms with Gasteiger partial charge in [0, 0.05) is 18.7 Å². The van der Waals surface area contributed by atoms with Gasteiger partial charge in [0.25, 0.3) is 0 Å². The Bertz CT molecular complexity index is 697. The van der Waals surface area contributed by atoms with E-state index in [1.807, 2.05) is 0 Å². The molecule has 0 aliphatic rings. The molecule has 0 unspecified atom stereocenters. The molecule has 0 aliphatic heterocycles. The van der Waals surface area contributed by atoms with Gasteiger partial charge in [-0.1, -0.05) is 11.2 Å². The van der Waals surface area contributed by atoms with Gasteiger partial charge in [-0.05, 0) is 19.1 Å². The highest BCUT2D eigenvalue weighted by Crippen LogP contribution is 2.19. The molecule has 3 N–H and O–H groups in total. The molecule has 7 nitrogen and oxygen atoms in total. The Morgan fingerprint density at radius 3 is 2.86 bits per heavy atom. The molecule has 2 aromatic rings. The van der Waals surface area contributed by atoms with E-state index in [-0.39, 0.29) is 5.75 Å². The lowest BCUT2D eigenvalue weighted by atomic mass is 10.3. The highest BCUT2D eigenvalue weighted by atomic mass is 32.2. The Morgan fingerprint density at radius 1 is 1.38 bits per heavy atom. The van der Waals surface area contributed by atoms with Gasteiger partial charge in [-0.3, -0.25) is 4.72 Å². The van der Waals surface area contributed by atoms with E-state index >= 15 is 0 Å². The first-order valence-corrected chi connectivity index (χ1v) is 7.99. The van der Waals surface area contributed by atoms with Gasteiger partial charge in [0.1, 0.15) is 29.6 Å². The second-order valence-corrected chi connectivity index (χ2v) is 6.18. The first-order chi connectivity index (χ1) is 9.98. The zero-order valence-electron chi connectivity index (χ0n) is 11.6. The molecule has 0 radical (unpaired) electrons. The van der Waals surface area contributed by atoms with Crippen molar-refractivity contribution in [2.75, 3.05) is 17.9 Å². The van der Waals surface area contributed by atoms with Gasteiger partial charge in [0.15, 0.2) is 0 Å². The number of hydrogen-bond acceptors (Lipinski definition) is 6. The maximum Gasteiger partial charge on any atom is 0.238 e. The number of nitrogens with two attached hydrogens (primary N) is 1. The highest BCUT2D eigenvalue weighted by molar-refractivity contribution is 7.91. The van der Waals surface area contributed by atoms with E-state index in [1.165, 1.54) is 0 Å². The van der Waals surface area contributed by atoms with Crippen molar-refractivity contribution in [2.24, 2.45) is 5.73 Å². The maximum atomic E-state index is 12.1. The van der Waals surface area contributed by atoms with Crippen LogP contribution in [0, 0.1) is 6.92 Å². The topological polar surface area (TPSA) is 107 Å². The average molecular weight is 311 g/mol. The second kappa shape index (κ2) is 6.59. The molecule has 1 heterocycles. The summed E-state index contributed by atoms with van der Waals surface area (Å²) in [6, 6.07) is 8.25. The summed E-state index contributed by atoms with van der Waals surface area (Å²) in [6.45, 7) is 2.46. The number of nitrogens with zero attached hydrogens (tertiary/aromatic N) is 1. The quantitative estimate of drug-likeness (QED) is 0.797. The number of ether oxygens (including phenoxy) is 1. The monoisotopic (exact) mass is 311 g/mol. The summed E-state index contributed by atoms with van der Waals surface area (Å²) in [5.41, 5.74) is 6.13. The lowest BCUT2D eigenvalue weighted by molar-refractivity contribution is 0.328. The average Bonchev–Trinajstić information content (AvgIpc) is 2.80. The largest absolute Gasteiger partial charge is 0.492 e. The minimum Gasteiger partial charge on any atom is -0.492 e. The Labute approximate surface area is 123 Å². The third-order valence-electron chi connectivity index (χ3n) is 2.51. The molecule has 0 bridgehead atoms. The third kappa shape index (κ3) is 4.76. The first kappa shape index (κ1) is 15.3. The van der Waals surface area contributed by atoms with E-state index in [4.69, 9.17) is 15.0 Å². The molecule has 0 saturated heterocycles. The van der Waals surface area contributed by atoms with Crippen LogP contribution in [0.4, 0.5) is 5.69 Å². The molecule has 0 atom stereocenters. The fourth-order valence-corrected chi connectivity index (χ4v) is 2.81. The highest BCUT2D eigenvalue weighted by Gasteiger charge is 2.15. The molecule has 0 amide bonds. The fraction of sp³-hybridized carbons (Fsp3) is 0.308. The summed E-state index contributed by atoms with van der Waals surface area (Å²) in [7, 11) is -3.56. The molecule has 0 saturated carbocycles. The van der Waals surface area contributed by atoms with E-state index in [1.54, 1.807) is 37.3 Å². The van der Waals surface area contributed by atoms with Crippen molar-refractivity contribution >= 4 is 15.7 Å². The Hall–Kier alpha value is -2.06. The van der Waals surface area contributed by atoms with Crippen LogP contribution >= 0.6 is 0 Å². The lowest BCUT2D eigenvalue weighted by Gasteiger charge is -2.09. The van der Waals surface area contributed by atoms with Crippen molar-refractivity contribution in [3.05, 3.63) is 41.8 Å². The smallest absolute Gasteiger partial charge is 0.238 e. The van der Waals surface area contributed by atoms with Crippen molar-refractivity contribution in [3.8, 4) is 5.75 Å². The number of hydrogen-bond donors (Lipinski definition) is 2. The molecule has 0 aliphatic carbocycles. The molecule has 0 spiro atoms. The minimum atomic E-state index is -3.56. The molecule has 2 rings (SSSR count). The van der Waals surface area contributed by atoms with Crippen LogP contribution in [0.25, 0.3) is 0 Å². The molecule has 21 heavy (non-hydrogen) atoms. The van der Waals surface area contributed by atoms with Crippen molar-refractivity contribution in [1.82, 2.24) is 5.16 Å². The molecule has 1 aromatic carbocycles. The number of aromatic nitrogens is 1. The van der Waals surface area contributed by atoms with Gasteiger partial charge >= 0.3 is 0 Å². The van der Waals surface area contributed by atoms with E-state index in [2.05, 4.69) is 9.88 Å². The summed E-state index contributed by atoms with van der Waals surface area (Å²) >= 11 is 0. The summed E-state index contributed by atoms with van der Waals surface area (Å²) in [6.07, 6.45) is 0. The van der Waals surface area contributed by atoms with Crippen LogP contribution in [-0.2, 0) is 15.8 Å². The molecule has 1 aromatic heterocycles. The molecule has 0 fully saturated rings. The summed E-state index contributed by atoms with van der Waals surface area (Å²) in [5.74, 6) is 0.869. The Kier molecular flexibility index (Phi) is 4.81. The van der Waals surface area contributed by atoms with Crippen LogP contribution in [0.15, 0.2) is 34.9 Å². The van der Waals surface area contributed by atoms with Crippen LogP contribution in [0.3, 0.4) is 0 Å². The van der Waals surface area contributed by atoms with Crippen molar-refractivity contribution in [3.63, 3.8) is 0 Å². The van der Waals surface area contributed by atoms with Gasteiger partial charge in [-0.2, -0.15) is 0 Å². The van der Waals surface area contributed by atoms with Crippen LogP contribution in [0.5, 0.6) is 5.75 Å². The second-order valence-electron chi connectivity index (χ2n) is 4.46. The predicted molar refractivity (Wildman–Crippen MR) is 78.5 cm³/mol. The van der Waals surface area contributed by atoms with E-state index in [9.17, 15) is 8.42 Å². The Balaban J connectivity index is 2.05. The molecular formula is C13H17N3O4S. The minimum absolute atomic E-state index is 0.252. The van der Waals surface area contributed by atoms with Gasteiger partial charge < -0.3 is 15.0 Å². The first-order valence-electron chi connectivity index (χ1n) is 6.34. The summed E-state index contributed by atoms with van der Waals surface area (Å²) in [5, 5.41) is 3.67. The van der Waals surface area contributed by atoms with Crippen molar-refractivity contribution in [2.45, 2.75) is 12.7 Å². The zero-order valence-corrected chi connectivity index (χ0v) is 12.4.